The van der Waals surface area contributed by atoms with E-state index in [1.54, 1.807) is 28.0 Å². The smallest absolute Gasteiger partial charge is 0.410 e. The second kappa shape index (κ2) is 9.48. The predicted octanol–water partition coefficient (Wildman–Crippen LogP) is 4.89. The molecule has 0 bridgehead atoms. The Hall–Kier alpha value is -3.36. The van der Waals surface area contributed by atoms with E-state index in [4.69, 9.17) is 4.74 Å². The van der Waals surface area contributed by atoms with Crippen LogP contribution in [0.1, 0.15) is 27.2 Å². The molecule has 0 saturated carbocycles. The molecule has 2 aromatic rings. The van der Waals surface area contributed by atoms with Gasteiger partial charge in [-0.3, -0.25) is 4.90 Å². The maximum Gasteiger partial charge on any atom is 0.410 e. The third-order valence-electron chi connectivity index (χ3n) is 5.93. The largest absolute Gasteiger partial charge is 0.444 e. The van der Waals surface area contributed by atoms with Crippen molar-refractivity contribution in [2.75, 3.05) is 42.5 Å². The Balaban J connectivity index is 1.40. The molecule has 1 atom stereocenters. The van der Waals surface area contributed by atoms with Gasteiger partial charge in [-0.15, -0.1) is 0 Å². The van der Waals surface area contributed by atoms with Crippen molar-refractivity contribution in [3.8, 4) is 0 Å². The molecule has 0 radical (unpaired) electrons. The Morgan fingerprint density at radius 3 is 2.41 bits per heavy atom. The lowest BCUT2D eigenvalue weighted by atomic mass is 10.1. The molecular weight excluding hydrogens is 442 g/mol. The average Bonchev–Trinajstić information content (AvgIpc) is 3.25. The summed E-state index contributed by atoms with van der Waals surface area (Å²) in [5.41, 5.74) is 1.30. The number of benzene rings is 2. The first-order valence-electron chi connectivity index (χ1n) is 11.5. The van der Waals surface area contributed by atoms with Gasteiger partial charge in [0, 0.05) is 38.4 Å². The van der Waals surface area contributed by atoms with Crippen molar-refractivity contribution in [1.82, 2.24) is 10.2 Å². The molecule has 2 heterocycles. The van der Waals surface area contributed by atoms with Crippen LogP contribution in [0.4, 0.5) is 35.4 Å². The Morgan fingerprint density at radius 1 is 1.00 bits per heavy atom. The summed E-state index contributed by atoms with van der Waals surface area (Å²) < 4.78 is 32.9. The van der Waals surface area contributed by atoms with Gasteiger partial charge in [0.2, 0.25) is 0 Å². The van der Waals surface area contributed by atoms with Crippen molar-refractivity contribution in [2.45, 2.75) is 32.8 Å². The van der Waals surface area contributed by atoms with E-state index in [9.17, 15) is 18.4 Å². The first-order chi connectivity index (χ1) is 16.1. The Bertz CT molecular complexity index is 1060. The summed E-state index contributed by atoms with van der Waals surface area (Å²) >= 11 is 0. The van der Waals surface area contributed by atoms with Crippen molar-refractivity contribution in [1.29, 1.82) is 0 Å². The molecule has 182 valence electrons. The molecule has 1 fully saturated rings. The minimum atomic E-state index is -0.549. The highest BCUT2D eigenvalue weighted by molar-refractivity contribution is 5.98. The molecule has 2 aliphatic rings. The van der Waals surface area contributed by atoms with E-state index < -0.39 is 11.4 Å². The molecule has 2 aromatic carbocycles. The lowest BCUT2D eigenvalue weighted by Gasteiger charge is -2.37. The van der Waals surface area contributed by atoms with Gasteiger partial charge in [-0.05, 0) is 75.6 Å². The van der Waals surface area contributed by atoms with Crippen LogP contribution in [0.2, 0.25) is 0 Å². The highest BCUT2D eigenvalue weighted by Crippen LogP contribution is 2.38. The van der Waals surface area contributed by atoms with Crippen LogP contribution in [0.15, 0.2) is 42.5 Å². The molecule has 3 amide bonds. The van der Waals surface area contributed by atoms with Crippen LogP contribution >= 0.6 is 0 Å². The normalized spacial score (nSPS) is 18.0. The van der Waals surface area contributed by atoms with E-state index in [-0.39, 0.29) is 23.9 Å². The zero-order chi connectivity index (χ0) is 24.5. The highest BCUT2D eigenvalue weighted by atomic mass is 19.1. The van der Waals surface area contributed by atoms with Crippen molar-refractivity contribution < 1.29 is 23.1 Å². The molecule has 4 rings (SSSR count). The predicted molar refractivity (Wildman–Crippen MR) is 126 cm³/mol. The van der Waals surface area contributed by atoms with Gasteiger partial charge in [-0.2, -0.15) is 0 Å². The SMILES string of the molecule is CC(C)(C)OC(=O)N1CC[C@@H](CNC(=O)N2CCN(c3ccc(F)cc3)c3cc(F)ccc32)C1. The lowest BCUT2D eigenvalue weighted by Crippen LogP contribution is -2.48. The minimum absolute atomic E-state index is 0.129. The number of likely N-dealkylation sites (tertiary alicyclic amines) is 1. The number of fused-ring (bicyclic) bond motifs is 1. The summed E-state index contributed by atoms with van der Waals surface area (Å²) in [6.07, 6.45) is 0.439. The number of ether oxygens (including phenoxy) is 1. The number of anilines is 3. The fourth-order valence-electron chi connectivity index (χ4n) is 4.30. The van der Waals surface area contributed by atoms with Crippen LogP contribution in [0.5, 0.6) is 0 Å². The number of amides is 3. The zero-order valence-electron chi connectivity index (χ0n) is 19.7. The van der Waals surface area contributed by atoms with E-state index in [1.165, 1.54) is 24.3 Å². The summed E-state index contributed by atoms with van der Waals surface area (Å²) in [6, 6.07) is 10.00. The summed E-state index contributed by atoms with van der Waals surface area (Å²) in [7, 11) is 0. The Kier molecular flexibility index (Phi) is 6.63. The molecule has 7 nitrogen and oxygen atoms in total. The summed E-state index contributed by atoms with van der Waals surface area (Å²) in [5, 5.41) is 2.97. The summed E-state index contributed by atoms with van der Waals surface area (Å²) in [5.74, 6) is -0.635. The standard InChI is InChI=1S/C25H30F2N4O3/c1-25(2,3)34-24(33)29-11-10-17(16-29)15-28-23(32)31-13-12-30(20-7-4-18(26)5-8-20)22-14-19(27)6-9-21(22)31/h4-9,14,17H,10-13,15-16H2,1-3H3,(H,28,32)/t17-/m0/s1. The number of rotatable bonds is 3. The van der Waals surface area contributed by atoms with E-state index in [2.05, 4.69) is 5.32 Å². The van der Waals surface area contributed by atoms with Crippen LogP contribution in [0.25, 0.3) is 0 Å². The van der Waals surface area contributed by atoms with E-state index in [1.807, 2.05) is 25.7 Å². The number of nitrogens with one attached hydrogen (secondary N) is 1. The highest BCUT2D eigenvalue weighted by Gasteiger charge is 2.32. The number of carbonyl (C=O) groups is 2. The summed E-state index contributed by atoms with van der Waals surface area (Å²) in [6.45, 7) is 7.85. The molecule has 0 spiro atoms. The van der Waals surface area contributed by atoms with Crippen LogP contribution < -0.4 is 15.1 Å². The van der Waals surface area contributed by atoms with Gasteiger partial charge in [0.05, 0.1) is 11.4 Å². The van der Waals surface area contributed by atoms with Gasteiger partial charge in [0.25, 0.3) is 0 Å². The van der Waals surface area contributed by atoms with Crippen molar-refractivity contribution >= 4 is 29.2 Å². The van der Waals surface area contributed by atoms with Crippen LogP contribution in [0, 0.1) is 17.6 Å². The fourth-order valence-corrected chi connectivity index (χ4v) is 4.30. The molecule has 0 unspecified atom stereocenters. The molecule has 34 heavy (non-hydrogen) atoms. The van der Waals surface area contributed by atoms with Gasteiger partial charge < -0.3 is 19.9 Å². The van der Waals surface area contributed by atoms with Gasteiger partial charge >= 0.3 is 12.1 Å². The summed E-state index contributed by atoms with van der Waals surface area (Å²) in [4.78, 5) is 30.4. The quantitative estimate of drug-likeness (QED) is 0.691. The minimum Gasteiger partial charge on any atom is -0.444 e. The topological polar surface area (TPSA) is 65.1 Å². The van der Waals surface area contributed by atoms with E-state index >= 15 is 0 Å². The number of urea groups is 1. The Labute approximate surface area is 198 Å². The van der Waals surface area contributed by atoms with E-state index in [0.717, 1.165) is 12.1 Å². The van der Waals surface area contributed by atoms with Crippen LogP contribution in [-0.4, -0.2) is 55.3 Å². The molecule has 0 aliphatic carbocycles. The van der Waals surface area contributed by atoms with Crippen LogP contribution in [-0.2, 0) is 4.74 Å². The van der Waals surface area contributed by atoms with Crippen molar-refractivity contribution in [3.05, 3.63) is 54.1 Å². The molecule has 2 aliphatic heterocycles. The molecule has 1 saturated heterocycles. The van der Waals surface area contributed by atoms with Gasteiger partial charge in [0.1, 0.15) is 17.2 Å². The number of halogens is 2. The van der Waals surface area contributed by atoms with Gasteiger partial charge in [-0.1, -0.05) is 0 Å². The first-order valence-corrected chi connectivity index (χ1v) is 11.5. The maximum atomic E-state index is 14.1. The number of carbonyl (C=O) groups excluding carboxylic acids is 2. The second-order valence-electron chi connectivity index (χ2n) is 9.68. The average molecular weight is 473 g/mol. The monoisotopic (exact) mass is 472 g/mol. The molecular formula is C25H30F2N4O3. The molecule has 1 N–H and O–H groups in total. The second-order valence-corrected chi connectivity index (χ2v) is 9.68. The molecule has 0 aromatic heterocycles. The maximum absolute atomic E-state index is 14.1. The third kappa shape index (κ3) is 5.40. The van der Waals surface area contributed by atoms with Gasteiger partial charge in [0.15, 0.2) is 0 Å². The Morgan fingerprint density at radius 2 is 1.71 bits per heavy atom. The number of hydrogen-bond acceptors (Lipinski definition) is 4. The zero-order valence-corrected chi connectivity index (χ0v) is 19.7. The van der Waals surface area contributed by atoms with Gasteiger partial charge in [-0.25, -0.2) is 18.4 Å². The molecule has 9 heteroatoms. The number of nitrogens with zero attached hydrogens (tertiary/aromatic N) is 3. The third-order valence-corrected chi connectivity index (χ3v) is 5.93. The lowest BCUT2D eigenvalue weighted by molar-refractivity contribution is 0.0288. The van der Waals surface area contributed by atoms with Crippen molar-refractivity contribution in [2.24, 2.45) is 5.92 Å². The number of hydrogen-bond donors (Lipinski definition) is 1. The van der Waals surface area contributed by atoms with Crippen LogP contribution in [0.3, 0.4) is 0 Å². The first kappa shape index (κ1) is 23.8. The fraction of sp³-hybridized carbons (Fsp3) is 0.440. The van der Waals surface area contributed by atoms with E-state index in [0.29, 0.717) is 44.1 Å². The van der Waals surface area contributed by atoms with Crippen molar-refractivity contribution in [3.63, 3.8) is 0 Å².